The maximum absolute atomic E-state index is 13.4. The van der Waals surface area contributed by atoms with Crippen molar-refractivity contribution in [3.8, 4) is 11.1 Å². The van der Waals surface area contributed by atoms with Gasteiger partial charge in [0.2, 0.25) is 5.95 Å². The average Bonchev–Trinajstić information content (AvgIpc) is 2.79. The maximum atomic E-state index is 13.4. The summed E-state index contributed by atoms with van der Waals surface area (Å²) in [6.45, 7) is 2.74. The molecule has 1 aliphatic heterocycles. The first-order valence-electron chi connectivity index (χ1n) is 10.2. The number of hydrogen-bond donors (Lipinski definition) is 0. The van der Waals surface area contributed by atoms with E-state index in [9.17, 15) is 4.79 Å². The second-order valence-corrected chi connectivity index (χ2v) is 7.80. The van der Waals surface area contributed by atoms with Gasteiger partial charge in [-0.15, -0.1) is 0 Å². The van der Waals surface area contributed by atoms with Gasteiger partial charge in [-0.1, -0.05) is 0 Å². The molecule has 7 heteroatoms. The molecular formula is C23H26N6O. The smallest absolute Gasteiger partial charge is 0.254 e. The third kappa shape index (κ3) is 3.87. The van der Waals surface area contributed by atoms with Gasteiger partial charge in [-0.05, 0) is 55.5 Å². The molecule has 7 nitrogen and oxygen atoms in total. The van der Waals surface area contributed by atoms with Crippen LogP contribution in [0.4, 0.5) is 5.95 Å². The summed E-state index contributed by atoms with van der Waals surface area (Å²) in [6.07, 6.45) is 11.7. The van der Waals surface area contributed by atoms with Gasteiger partial charge >= 0.3 is 0 Å². The third-order valence-electron chi connectivity index (χ3n) is 5.52. The number of likely N-dealkylation sites (tertiary alicyclic amines) is 1. The zero-order valence-corrected chi connectivity index (χ0v) is 17.6. The summed E-state index contributed by atoms with van der Waals surface area (Å²) in [5.41, 5.74) is 4.61. The standard InChI is InChI=1S/C23H26N6O/c1-16-14-25-12-9-18(16)19-15-26-23(28(2)3)27-21(19)20-6-4-5-13-29(20)22(30)17-7-10-24-11-8-17/h7-12,14-15,20H,4-6,13H2,1-3H3/t20-/m0/s1. The molecule has 1 fully saturated rings. The highest BCUT2D eigenvalue weighted by atomic mass is 16.2. The van der Waals surface area contributed by atoms with E-state index in [1.165, 1.54) is 0 Å². The number of carbonyl (C=O) groups excluding carboxylic acids is 1. The van der Waals surface area contributed by atoms with Gasteiger partial charge in [0, 0.05) is 62.8 Å². The lowest BCUT2D eigenvalue weighted by atomic mass is 9.92. The van der Waals surface area contributed by atoms with E-state index in [1.54, 1.807) is 30.7 Å². The molecule has 1 saturated heterocycles. The molecule has 154 valence electrons. The Balaban J connectivity index is 1.82. The van der Waals surface area contributed by atoms with Crippen LogP contribution < -0.4 is 4.90 Å². The van der Waals surface area contributed by atoms with Crippen molar-refractivity contribution < 1.29 is 4.79 Å². The fraction of sp³-hybridized carbons (Fsp3) is 0.348. The van der Waals surface area contributed by atoms with E-state index in [-0.39, 0.29) is 11.9 Å². The topological polar surface area (TPSA) is 75.1 Å². The number of carbonyl (C=O) groups is 1. The lowest BCUT2D eigenvalue weighted by molar-refractivity contribution is 0.0606. The van der Waals surface area contributed by atoms with E-state index in [4.69, 9.17) is 4.98 Å². The van der Waals surface area contributed by atoms with E-state index in [0.717, 1.165) is 41.6 Å². The SMILES string of the molecule is Cc1cnccc1-c1cnc(N(C)C)nc1[C@@H]1CCCCN1C(=O)c1ccncc1. The van der Waals surface area contributed by atoms with E-state index >= 15 is 0 Å². The van der Waals surface area contributed by atoms with Crippen LogP contribution in [-0.4, -0.2) is 51.4 Å². The molecule has 1 aliphatic rings. The van der Waals surface area contributed by atoms with E-state index < -0.39 is 0 Å². The number of hydrogen-bond acceptors (Lipinski definition) is 6. The molecular weight excluding hydrogens is 376 g/mol. The zero-order chi connectivity index (χ0) is 21.1. The van der Waals surface area contributed by atoms with Crippen LogP contribution in [0.25, 0.3) is 11.1 Å². The van der Waals surface area contributed by atoms with Gasteiger partial charge in [-0.25, -0.2) is 9.97 Å². The Kier molecular flexibility index (Phi) is 5.70. The molecule has 0 saturated carbocycles. The van der Waals surface area contributed by atoms with Crippen molar-refractivity contribution in [2.45, 2.75) is 32.2 Å². The van der Waals surface area contributed by atoms with Crippen LogP contribution >= 0.6 is 0 Å². The second kappa shape index (κ2) is 8.57. The van der Waals surface area contributed by atoms with Gasteiger partial charge in [0.1, 0.15) is 0 Å². The maximum Gasteiger partial charge on any atom is 0.254 e. The monoisotopic (exact) mass is 402 g/mol. The fourth-order valence-corrected chi connectivity index (χ4v) is 3.96. The summed E-state index contributed by atoms with van der Waals surface area (Å²) in [5.74, 6) is 0.659. The van der Waals surface area contributed by atoms with Crippen LogP contribution in [0, 0.1) is 6.92 Å². The van der Waals surface area contributed by atoms with Crippen LogP contribution in [0.2, 0.25) is 0 Å². The van der Waals surface area contributed by atoms with Crippen LogP contribution in [0.1, 0.15) is 46.9 Å². The molecule has 30 heavy (non-hydrogen) atoms. The van der Waals surface area contributed by atoms with Crippen LogP contribution in [0.3, 0.4) is 0 Å². The van der Waals surface area contributed by atoms with E-state index in [0.29, 0.717) is 18.1 Å². The van der Waals surface area contributed by atoms with Crippen molar-refractivity contribution in [1.29, 1.82) is 0 Å². The van der Waals surface area contributed by atoms with Gasteiger partial charge in [-0.2, -0.15) is 0 Å². The summed E-state index contributed by atoms with van der Waals surface area (Å²) in [5, 5.41) is 0. The minimum Gasteiger partial charge on any atom is -0.347 e. The van der Waals surface area contributed by atoms with Crippen molar-refractivity contribution >= 4 is 11.9 Å². The van der Waals surface area contributed by atoms with Crippen molar-refractivity contribution in [3.05, 3.63) is 66.0 Å². The summed E-state index contributed by atoms with van der Waals surface area (Å²) < 4.78 is 0. The van der Waals surface area contributed by atoms with Gasteiger partial charge in [0.15, 0.2) is 0 Å². The minimum absolute atomic E-state index is 0.0181. The number of pyridine rings is 2. The first-order chi connectivity index (χ1) is 14.6. The molecule has 4 rings (SSSR count). The largest absolute Gasteiger partial charge is 0.347 e. The van der Waals surface area contributed by atoms with Gasteiger partial charge in [0.05, 0.1) is 11.7 Å². The van der Waals surface area contributed by atoms with Crippen LogP contribution in [0.15, 0.2) is 49.2 Å². The summed E-state index contributed by atoms with van der Waals surface area (Å²) >= 11 is 0. The number of anilines is 1. The predicted octanol–water partition coefficient (Wildman–Crippen LogP) is 3.68. The number of aryl methyl sites for hydroxylation is 1. The first kappa shape index (κ1) is 19.9. The highest BCUT2D eigenvalue weighted by Gasteiger charge is 2.32. The normalized spacial score (nSPS) is 16.4. The lowest BCUT2D eigenvalue weighted by Crippen LogP contribution is -2.39. The number of aromatic nitrogens is 4. The van der Waals surface area contributed by atoms with Crippen molar-refractivity contribution in [3.63, 3.8) is 0 Å². The summed E-state index contributed by atoms with van der Waals surface area (Å²) in [7, 11) is 3.86. The first-order valence-corrected chi connectivity index (χ1v) is 10.2. The molecule has 3 aromatic rings. The van der Waals surface area contributed by atoms with Crippen molar-refractivity contribution in [2.75, 3.05) is 25.5 Å². The van der Waals surface area contributed by atoms with Crippen molar-refractivity contribution in [2.24, 2.45) is 0 Å². The molecule has 0 bridgehead atoms. The Morgan fingerprint density at radius 1 is 1.03 bits per heavy atom. The van der Waals surface area contributed by atoms with Gasteiger partial charge in [-0.3, -0.25) is 14.8 Å². The summed E-state index contributed by atoms with van der Waals surface area (Å²) in [4.78, 5) is 35.0. The predicted molar refractivity (Wildman–Crippen MR) is 116 cm³/mol. The Labute approximate surface area is 176 Å². The number of piperidine rings is 1. The Morgan fingerprint density at radius 2 is 1.80 bits per heavy atom. The zero-order valence-electron chi connectivity index (χ0n) is 17.6. The molecule has 0 aliphatic carbocycles. The second-order valence-electron chi connectivity index (χ2n) is 7.80. The molecule has 1 atom stereocenters. The molecule has 0 aromatic carbocycles. The summed E-state index contributed by atoms with van der Waals surface area (Å²) in [6, 6.07) is 5.43. The van der Waals surface area contributed by atoms with Gasteiger partial charge in [0.25, 0.3) is 5.91 Å². The van der Waals surface area contributed by atoms with Crippen LogP contribution in [-0.2, 0) is 0 Å². The Hall–Kier alpha value is -3.35. The average molecular weight is 403 g/mol. The molecule has 0 unspecified atom stereocenters. The Bertz CT molecular complexity index is 1040. The Morgan fingerprint density at radius 3 is 2.53 bits per heavy atom. The quantitative estimate of drug-likeness (QED) is 0.663. The fourth-order valence-electron chi connectivity index (χ4n) is 3.96. The molecule has 3 aromatic heterocycles. The molecule has 0 radical (unpaired) electrons. The third-order valence-corrected chi connectivity index (χ3v) is 5.52. The van der Waals surface area contributed by atoms with E-state index in [2.05, 4.69) is 15.0 Å². The lowest BCUT2D eigenvalue weighted by Gasteiger charge is -2.36. The number of nitrogens with zero attached hydrogens (tertiary/aromatic N) is 6. The molecule has 0 spiro atoms. The van der Waals surface area contributed by atoms with E-state index in [1.807, 2.05) is 49.3 Å². The highest BCUT2D eigenvalue weighted by molar-refractivity contribution is 5.94. The molecule has 0 N–H and O–H groups in total. The molecule has 1 amide bonds. The molecule has 4 heterocycles. The minimum atomic E-state index is -0.108. The van der Waals surface area contributed by atoms with Crippen LogP contribution in [0.5, 0.6) is 0 Å². The number of rotatable bonds is 4. The highest BCUT2D eigenvalue weighted by Crippen LogP contribution is 2.37. The number of amides is 1. The van der Waals surface area contributed by atoms with Gasteiger partial charge < -0.3 is 9.80 Å². The van der Waals surface area contributed by atoms with Crippen molar-refractivity contribution in [1.82, 2.24) is 24.8 Å².